The van der Waals surface area contributed by atoms with Crippen LogP contribution in [0.25, 0.3) is 0 Å². The molecule has 0 bridgehead atoms. The molecule has 3 atom stereocenters. The summed E-state index contributed by atoms with van der Waals surface area (Å²) >= 11 is 0. The molecule has 0 radical (unpaired) electrons. The average molecular weight is 272 g/mol. The predicted molar refractivity (Wildman–Crippen MR) is 80.3 cm³/mol. The van der Waals surface area contributed by atoms with Gasteiger partial charge in [-0.2, -0.15) is 0 Å². The van der Waals surface area contributed by atoms with Crippen LogP contribution in [0.3, 0.4) is 0 Å². The van der Waals surface area contributed by atoms with Crippen LogP contribution in [0.1, 0.15) is 54.9 Å². The Morgan fingerprint density at radius 1 is 1.25 bits per heavy atom. The van der Waals surface area contributed by atoms with E-state index in [1.165, 1.54) is 32.1 Å². The fourth-order valence-electron chi connectivity index (χ4n) is 3.99. The summed E-state index contributed by atoms with van der Waals surface area (Å²) in [5.74, 6) is 0.932. The standard InChI is InChI=1S/C17H24N2O/c1-12-10-15-4-2-3-5-16(15)19(12)17(20)14-8-6-13(11-18)7-9-14/h6-9,12,15-16H,2-5,10-11,18H2,1H3. The third-order valence-electron chi connectivity index (χ3n) is 5.02. The highest BCUT2D eigenvalue weighted by Gasteiger charge is 2.42. The highest BCUT2D eigenvalue weighted by atomic mass is 16.2. The number of carbonyl (C=O) groups excluding carboxylic acids is 1. The number of nitrogens with two attached hydrogens (primary N) is 1. The lowest BCUT2D eigenvalue weighted by atomic mass is 9.85. The number of likely N-dealkylation sites (tertiary alicyclic amines) is 1. The first-order chi connectivity index (χ1) is 9.70. The molecule has 1 saturated carbocycles. The minimum atomic E-state index is 0.204. The Morgan fingerprint density at radius 3 is 2.65 bits per heavy atom. The van der Waals surface area contributed by atoms with Gasteiger partial charge in [-0.05, 0) is 49.8 Å². The van der Waals surface area contributed by atoms with Crippen molar-refractivity contribution >= 4 is 5.91 Å². The highest BCUT2D eigenvalue weighted by Crippen LogP contribution is 2.40. The molecule has 1 aliphatic heterocycles. The molecule has 2 fully saturated rings. The number of hydrogen-bond donors (Lipinski definition) is 1. The van der Waals surface area contributed by atoms with E-state index in [-0.39, 0.29) is 5.91 Å². The number of nitrogens with zero attached hydrogens (tertiary/aromatic N) is 1. The lowest BCUT2D eigenvalue weighted by Gasteiger charge is -2.33. The van der Waals surface area contributed by atoms with E-state index >= 15 is 0 Å². The van der Waals surface area contributed by atoms with E-state index < -0.39 is 0 Å². The Bertz CT molecular complexity index is 482. The van der Waals surface area contributed by atoms with Gasteiger partial charge in [0.05, 0.1) is 0 Å². The van der Waals surface area contributed by atoms with E-state index in [0.29, 0.717) is 18.6 Å². The molecule has 0 spiro atoms. The molecule has 3 rings (SSSR count). The van der Waals surface area contributed by atoms with Gasteiger partial charge in [0.1, 0.15) is 0 Å². The third kappa shape index (κ3) is 2.35. The van der Waals surface area contributed by atoms with Gasteiger partial charge in [-0.25, -0.2) is 0 Å². The molecular weight excluding hydrogens is 248 g/mol. The first kappa shape index (κ1) is 13.6. The molecule has 108 valence electrons. The van der Waals surface area contributed by atoms with Crippen LogP contribution in [0, 0.1) is 5.92 Å². The quantitative estimate of drug-likeness (QED) is 0.899. The number of benzene rings is 1. The van der Waals surface area contributed by atoms with Gasteiger partial charge in [-0.15, -0.1) is 0 Å². The molecule has 3 heteroatoms. The Balaban J connectivity index is 1.81. The van der Waals surface area contributed by atoms with Crippen molar-refractivity contribution < 1.29 is 4.79 Å². The maximum absolute atomic E-state index is 12.8. The van der Waals surface area contributed by atoms with Gasteiger partial charge in [0.15, 0.2) is 0 Å². The number of hydrogen-bond acceptors (Lipinski definition) is 2. The number of fused-ring (bicyclic) bond motifs is 1. The van der Waals surface area contributed by atoms with E-state index in [1.54, 1.807) is 0 Å². The van der Waals surface area contributed by atoms with Gasteiger partial charge in [0, 0.05) is 24.2 Å². The summed E-state index contributed by atoms with van der Waals surface area (Å²) < 4.78 is 0. The minimum Gasteiger partial charge on any atom is -0.333 e. The summed E-state index contributed by atoms with van der Waals surface area (Å²) in [6.45, 7) is 2.73. The summed E-state index contributed by atoms with van der Waals surface area (Å²) in [5, 5.41) is 0. The van der Waals surface area contributed by atoms with Crippen molar-refractivity contribution in [3.8, 4) is 0 Å². The summed E-state index contributed by atoms with van der Waals surface area (Å²) in [5.41, 5.74) is 7.49. The van der Waals surface area contributed by atoms with Crippen LogP contribution >= 0.6 is 0 Å². The lowest BCUT2D eigenvalue weighted by molar-refractivity contribution is 0.0633. The molecule has 1 amide bonds. The largest absolute Gasteiger partial charge is 0.333 e. The third-order valence-corrected chi connectivity index (χ3v) is 5.02. The first-order valence-corrected chi connectivity index (χ1v) is 7.82. The maximum Gasteiger partial charge on any atom is 0.254 e. The first-order valence-electron chi connectivity index (χ1n) is 7.82. The number of carbonyl (C=O) groups is 1. The second-order valence-electron chi connectivity index (χ2n) is 6.31. The topological polar surface area (TPSA) is 46.3 Å². The summed E-state index contributed by atoms with van der Waals surface area (Å²) in [6, 6.07) is 8.63. The van der Waals surface area contributed by atoms with E-state index in [0.717, 1.165) is 17.0 Å². The van der Waals surface area contributed by atoms with Gasteiger partial charge in [-0.1, -0.05) is 25.0 Å². The SMILES string of the molecule is CC1CC2CCCCC2N1C(=O)c1ccc(CN)cc1. The van der Waals surface area contributed by atoms with Crippen molar-refractivity contribution in [3.63, 3.8) is 0 Å². The fourth-order valence-corrected chi connectivity index (χ4v) is 3.99. The monoisotopic (exact) mass is 272 g/mol. The summed E-state index contributed by atoms with van der Waals surface area (Å²) in [4.78, 5) is 15.0. The zero-order valence-electron chi connectivity index (χ0n) is 12.2. The Kier molecular flexibility index (Phi) is 3.79. The van der Waals surface area contributed by atoms with Crippen LogP contribution in [0.5, 0.6) is 0 Å². The molecule has 1 aliphatic carbocycles. The van der Waals surface area contributed by atoms with Crippen molar-refractivity contribution in [3.05, 3.63) is 35.4 Å². The van der Waals surface area contributed by atoms with Gasteiger partial charge in [0.25, 0.3) is 5.91 Å². The van der Waals surface area contributed by atoms with Crippen molar-refractivity contribution in [2.24, 2.45) is 11.7 Å². The Labute approximate surface area is 121 Å². The molecule has 2 N–H and O–H groups in total. The predicted octanol–water partition coefficient (Wildman–Crippen LogP) is 2.94. The van der Waals surface area contributed by atoms with E-state index in [2.05, 4.69) is 11.8 Å². The van der Waals surface area contributed by atoms with Gasteiger partial charge < -0.3 is 10.6 Å². The zero-order chi connectivity index (χ0) is 14.1. The molecule has 3 unspecified atom stereocenters. The average Bonchev–Trinajstić information content (AvgIpc) is 2.82. The van der Waals surface area contributed by atoms with Crippen LogP contribution in [0.2, 0.25) is 0 Å². The zero-order valence-corrected chi connectivity index (χ0v) is 12.2. The van der Waals surface area contributed by atoms with Crippen molar-refractivity contribution in [1.82, 2.24) is 4.90 Å². The fraction of sp³-hybridized carbons (Fsp3) is 0.588. The molecule has 0 aromatic heterocycles. The van der Waals surface area contributed by atoms with Crippen molar-refractivity contribution in [2.75, 3.05) is 0 Å². The Morgan fingerprint density at radius 2 is 1.95 bits per heavy atom. The van der Waals surface area contributed by atoms with Crippen molar-refractivity contribution in [1.29, 1.82) is 0 Å². The molecule has 2 aliphatic rings. The summed E-state index contributed by atoms with van der Waals surface area (Å²) in [7, 11) is 0. The van der Waals surface area contributed by atoms with Crippen LogP contribution in [-0.2, 0) is 6.54 Å². The van der Waals surface area contributed by atoms with Gasteiger partial charge in [0.2, 0.25) is 0 Å². The van der Waals surface area contributed by atoms with Crippen molar-refractivity contribution in [2.45, 2.75) is 57.7 Å². The highest BCUT2D eigenvalue weighted by molar-refractivity contribution is 5.95. The molecule has 1 heterocycles. The van der Waals surface area contributed by atoms with Gasteiger partial charge in [-0.3, -0.25) is 4.79 Å². The lowest BCUT2D eigenvalue weighted by Crippen LogP contribution is -2.42. The second kappa shape index (κ2) is 5.57. The van der Waals surface area contributed by atoms with E-state index in [1.807, 2.05) is 24.3 Å². The van der Waals surface area contributed by atoms with E-state index in [4.69, 9.17) is 5.73 Å². The number of rotatable bonds is 2. The Hall–Kier alpha value is -1.35. The molecular formula is C17H24N2O. The smallest absolute Gasteiger partial charge is 0.254 e. The normalized spacial score (nSPS) is 29.3. The minimum absolute atomic E-state index is 0.204. The second-order valence-corrected chi connectivity index (χ2v) is 6.31. The van der Waals surface area contributed by atoms with Crippen LogP contribution < -0.4 is 5.73 Å². The summed E-state index contributed by atoms with van der Waals surface area (Å²) in [6.07, 6.45) is 6.26. The van der Waals surface area contributed by atoms with Gasteiger partial charge >= 0.3 is 0 Å². The molecule has 20 heavy (non-hydrogen) atoms. The van der Waals surface area contributed by atoms with Crippen LogP contribution in [0.15, 0.2) is 24.3 Å². The maximum atomic E-state index is 12.8. The van der Waals surface area contributed by atoms with Crippen LogP contribution in [-0.4, -0.2) is 22.9 Å². The van der Waals surface area contributed by atoms with Crippen LogP contribution in [0.4, 0.5) is 0 Å². The van der Waals surface area contributed by atoms with E-state index in [9.17, 15) is 4.79 Å². The molecule has 1 saturated heterocycles. The molecule has 3 nitrogen and oxygen atoms in total. The number of amides is 1. The molecule has 1 aromatic rings. The molecule has 1 aromatic carbocycles.